The van der Waals surface area contributed by atoms with Gasteiger partial charge in [0.05, 0.1) is 23.7 Å². The summed E-state index contributed by atoms with van der Waals surface area (Å²) >= 11 is 0. The third kappa shape index (κ3) is 2.54. The number of carbonyl (C=O) groups is 1. The van der Waals surface area contributed by atoms with Crippen molar-refractivity contribution in [2.75, 3.05) is 5.32 Å². The number of anilines is 1. The maximum Gasteiger partial charge on any atom is 0.231 e. The molecular formula is C19H17N3O2. The van der Waals surface area contributed by atoms with Gasteiger partial charge in [-0.3, -0.25) is 10.1 Å². The number of benzene rings is 2. The first-order valence-electron chi connectivity index (χ1n) is 7.82. The van der Waals surface area contributed by atoms with Gasteiger partial charge in [-0.2, -0.15) is 0 Å². The van der Waals surface area contributed by atoms with Crippen LogP contribution in [0.15, 0.2) is 47.1 Å². The van der Waals surface area contributed by atoms with Crippen molar-refractivity contribution in [2.24, 2.45) is 0 Å². The van der Waals surface area contributed by atoms with Gasteiger partial charge in [0.2, 0.25) is 11.9 Å². The van der Waals surface area contributed by atoms with Crippen LogP contribution in [0.4, 0.5) is 5.95 Å². The number of carbonyl (C=O) groups excluding carboxylic acids is 1. The summed E-state index contributed by atoms with van der Waals surface area (Å²) in [7, 11) is 0. The van der Waals surface area contributed by atoms with E-state index >= 15 is 0 Å². The van der Waals surface area contributed by atoms with E-state index in [0.717, 1.165) is 27.6 Å². The summed E-state index contributed by atoms with van der Waals surface area (Å²) in [6, 6.07) is 11.7. The number of nitrogens with one attached hydrogen (secondary N) is 2. The first-order chi connectivity index (χ1) is 11.6. The fourth-order valence-electron chi connectivity index (χ4n) is 2.83. The molecule has 4 aromatic rings. The normalized spacial score (nSPS) is 11.2. The average Bonchev–Trinajstić information content (AvgIpc) is 3.12. The molecule has 0 spiro atoms. The number of aryl methyl sites for hydroxylation is 2. The number of aromatic amines is 1. The van der Waals surface area contributed by atoms with Crippen LogP contribution in [0.3, 0.4) is 0 Å². The van der Waals surface area contributed by atoms with Gasteiger partial charge >= 0.3 is 0 Å². The smallest absolute Gasteiger partial charge is 0.231 e. The Morgan fingerprint density at radius 2 is 2.00 bits per heavy atom. The van der Waals surface area contributed by atoms with Gasteiger partial charge in [-0.1, -0.05) is 12.1 Å². The van der Waals surface area contributed by atoms with Crippen LogP contribution in [0, 0.1) is 13.8 Å². The van der Waals surface area contributed by atoms with Gasteiger partial charge in [0, 0.05) is 10.9 Å². The van der Waals surface area contributed by atoms with Crippen molar-refractivity contribution in [3.63, 3.8) is 0 Å². The number of rotatable bonds is 3. The molecule has 2 N–H and O–H groups in total. The van der Waals surface area contributed by atoms with Crippen LogP contribution in [0.5, 0.6) is 0 Å². The zero-order valence-electron chi connectivity index (χ0n) is 13.5. The van der Waals surface area contributed by atoms with E-state index < -0.39 is 0 Å². The van der Waals surface area contributed by atoms with Crippen molar-refractivity contribution in [2.45, 2.75) is 20.3 Å². The molecule has 0 aliphatic rings. The van der Waals surface area contributed by atoms with Gasteiger partial charge in [-0.15, -0.1) is 0 Å². The van der Waals surface area contributed by atoms with E-state index in [1.807, 2.05) is 37.3 Å². The second-order valence-corrected chi connectivity index (χ2v) is 6.02. The maximum atomic E-state index is 12.3. The largest absolute Gasteiger partial charge is 0.464 e. The molecule has 0 atom stereocenters. The molecule has 0 radical (unpaired) electrons. The number of fused-ring (bicyclic) bond motifs is 2. The van der Waals surface area contributed by atoms with Crippen molar-refractivity contribution in [3.8, 4) is 0 Å². The lowest BCUT2D eigenvalue weighted by molar-refractivity contribution is -0.115. The second kappa shape index (κ2) is 5.53. The SMILES string of the molecule is Cc1cc2occ(CC(=O)Nc3nc4ccccc4[nH]3)c2cc1C. The highest BCUT2D eigenvalue weighted by Crippen LogP contribution is 2.25. The fourth-order valence-corrected chi connectivity index (χ4v) is 2.83. The molecule has 5 heteroatoms. The molecule has 24 heavy (non-hydrogen) atoms. The van der Waals surface area contributed by atoms with Gasteiger partial charge in [0.25, 0.3) is 0 Å². The Hall–Kier alpha value is -3.08. The summed E-state index contributed by atoms with van der Waals surface area (Å²) in [6.45, 7) is 4.10. The van der Waals surface area contributed by atoms with Crippen LogP contribution in [0.25, 0.3) is 22.0 Å². The van der Waals surface area contributed by atoms with E-state index in [0.29, 0.717) is 5.95 Å². The van der Waals surface area contributed by atoms with Crippen molar-refractivity contribution >= 4 is 33.9 Å². The van der Waals surface area contributed by atoms with Crippen molar-refractivity contribution < 1.29 is 9.21 Å². The van der Waals surface area contributed by atoms with E-state index in [1.54, 1.807) is 6.26 Å². The fraction of sp³-hybridized carbons (Fsp3) is 0.158. The van der Waals surface area contributed by atoms with Crippen molar-refractivity contribution in [1.82, 2.24) is 9.97 Å². The number of hydrogen-bond acceptors (Lipinski definition) is 3. The molecule has 0 saturated heterocycles. The van der Waals surface area contributed by atoms with Crippen LogP contribution in [-0.2, 0) is 11.2 Å². The lowest BCUT2D eigenvalue weighted by Crippen LogP contribution is -2.15. The number of H-pyrrole nitrogens is 1. The Labute approximate surface area is 138 Å². The molecule has 0 unspecified atom stereocenters. The molecule has 1 amide bonds. The van der Waals surface area contributed by atoms with Crippen molar-refractivity contribution in [3.05, 3.63) is 59.4 Å². The molecule has 2 heterocycles. The highest BCUT2D eigenvalue weighted by atomic mass is 16.3. The monoisotopic (exact) mass is 319 g/mol. The minimum atomic E-state index is -0.130. The third-order valence-corrected chi connectivity index (χ3v) is 4.27. The lowest BCUT2D eigenvalue weighted by atomic mass is 10.0. The van der Waals surface area contributed by atoms with Gasteiger partial charge < -0.3 is 9.40 Å². The minimum Gasteiger partial charge on any atom is -0.464 e. The molecule has 0 fully saturated rings. The quantitative estimate of drug-likeness (QED) is 0.597. The van der Waals surface area contributed by atoms with Crippen LogP contribution in [0.1, 0.15) is 16.7 Å². The standard InChI is InChI=1S/C19H17N3O2/c1-11-7-14-13(10-24-17(14)8-12(11)2)9-18(23)22-19-20-15-5-3-4-6-16(15)21-19/h3-8,10H,9H2,1-2H3,(H2,20,21,22,23). The van der Waals surface area contributed by atoms with Crippen LogP contribution in [-0.4, -0.2) is 15.9 Å². The Balaban J connectivity index is 1.56. The van der Waals surface area contributed by atoms with Crippen LogP contribution < -0.4 is 5.32 Å². The summed E-state index contributed by atoms with van der Waals surface area (Å²) in [6.07, 6.45) is 1.90. The topological polar surface area (TPSA) is 70.9 Å². The number of nitrogens with zero attached hydrogens (tertiary/aromatic N) is 1. The molecule has 120 valence electrons. The molecule has 0 saturated carbocycles. The number of hydrogen-bond donors (Lipinski definition) is 2. The first kappa shape index (κ1) is 14.5. The number of aromatic nitrogens is 2. The number of furan rings is 1. The van der Waals surface area contributed by atoms with E-state index in [4.69, 9.17) is 4.42 Å². The Morgan fingerprint density at radius 3 is 2.83 bits per heavy atom. The average molecular weight is 319 g/mol. The molecular weight excluding hydrogens is 302 g/mol. The number of para-hydroxylation sites is 2. The molecule has 2 aromatic carbocycles. The molecule has 0 bridgehead atoms. The van der Waals surface area contributed by atoms with E-state index in [2.05, 4.69) is 28.3 Å². The van der Waals surface area contributed by atoms with Gasteiger partial charge in [-0.25, -0.2) is 4.98 Å². The summed E-state index contributed by atoms with van der Waals surface area (Å²) in [4.78, 5) is 19.8. The van der Waals surface area contributed by atoms with Gasteiger partial charge in [-0.05, 0) is 49.2 Å². The Morgan fingerprint density at radius 1 is 1.21 bits per heavy atom. The Kier molecular flexibility index (Phi) is 3.34. The van der Waals surface area contributed by atoms with Gasteiger partial charge in [0.1, 0.15) is 5.58 Å². The maximum absolute atomic E-state index is 12.3. The van der Waals surface area contributed by atoms with E-state index in [1.165, 1.54) is 11.1 Å². The third-order valence-electron chi connectivity index (χ3n) is 4.27. The number of imidazole rings is 1. The zero-order valence-corrected chi connectivity index (χ0v) is 13.5. The molecule has 4 rings (SSSR count). The summed E-state index contributed by atoms with van der Waals surface area (Å²) in [5.74, 6) is 0.330. The van der Waals surface area contributed by atoms with Crippen molar-refractivity contribution in [1.29, 1.82) is 0 Å². The summed E-state index contributed by atoms with van der Waals surface area (Å²) in [5, 5.41) is 3.80. The van der Waals surface area contributed by atoms with E-state index in [-0.39, 0.29) is 12.3 Å². The predicted octanol–water partition coefficient (Wildman–Crippen LogP) is 4.11. The lowest BCUT2D eigenvalue weighted by Gasteiger charge is -2.02. The molecule has 2 aromatic heterocycles. The summed E-state index contributed by atoms with van der Waals surface area (Å²) in [5.41, 5.74) is 5.77. The highest BCUT2D eigenvalue weighted by molar-refractivity contribution is 5.95. The minimum absolute atomic E-state index is 0.130. The molecule has 5 nitrogen and oxygen atoms in total. The molecule has 0 aliphatic carbocycles. The van der Waals surface area contributed by atoms with Crippen LogP contribution in [0.2, 0.25) is 0 Å². The summed E-state index contributed by atoms with van der Waals surface area (Å²) < 4.78 is 5.58. The van der Waals surface area contributed by atoms with Gasteiger partial charge in [0.15, 0.2) is 0 Å². The van der Waals surface area contributed by atoms with Crippen LogP contribution >= 0.6 is 0 Å². The molecule has 0 aliphatic heterocycles. The second-order valence-electron chi connectivity index (χ2n) is 6.02. The zero-order chi connectivity index (χ0) is 16.7. The first-order valence-corrected chi connectivity index (χ1v) is 7.82. The Bertz CT molecular complexity index is 1030. The highest BCUT2D eigenvalue weighted by Gasteiger charge is 2.13. The number of amides is 1. The van der Waals surface area contributed by atoms with E-state index in [9.17, 15) is 4.79 Å². The predicted molar refractivity (Wildman–Crippen MR) is 94.1 cm³/mol.